The van der Waals surface area contributed by atoms with E-state index in [-0.39, 0.29) is 71.1 Å². The Balaban J connectivity index is 0.00000220. The van der Waals surface area contributed by atoms with Crippen LogP contribution in [-0.4, -0.2) is 37.7 Å². The topological polar surface area (TPSA) is 126 Å². The van der Waals surface area contributed by atoms with Gasteiger partial charge in [0.1, 0.15) is 5.75 Å². The molecule has 1 aliphatic heterocycles. The van der Waals surface area contributed by atoms with Crippen molar-refractivity contribution in [2.24, 2.45) is 11.8 Å². The first-order valence-electron chi connectivity index (χ1n) is 13.2. The number of hydrogen-bond donors (Lipinski definition) is 2. The second-order valence-electron chi connectivity index (χ2n) is 10.4. The van der Waals surface area contributed by atoms with Crippen LogP contribution < -0.4 is 89.2 Å². The number of carbonyl (C=O) groups is 1. The third-order valence-electron chi connectivity index (χ3n) is 7.66. The molecule has 0 spiro atoms. The molecule has 2 aromatic rings. The average Bonchev–Trinajstić information content (AvgIpc) is 3.49. The summed E-state index contributed by atoms with van der Waals surface area (Å²) in [5.74, 6) is 2.02. The zero-order chi connectivity index (χ0) is 26.9. The summed E-state index contributed by atoms with van der Waals surface area (Å²) < 4.78 is 21.0. The minimum atomic E-state index is -5.01. The first kappa shape index (κ1) is 34.2. The van der Waals surface area contributed by atoms with E-state index in [1.165, 1.54) is 6.42 Å². The van der Waals surface area contributed by atoms with Gasteiger partial charge in [-0.25, -0.2) is 0 Å². The first-order chi connectivity index (χ1) is 18.2. The Morgan fingerprint density at radius 2 is 1.77 bits per heavy atom. The number of phosphoric ester groups is 1. The van der Waals surface area contributed by atoms with Crippen LogP contribution in [0.2, 0.25) is 5.02 Å². The van der Waals surface area contributed by atoms with Crippen molar-refractivity contribution < 1.29 is 87.5 Å². The molecule has 13 heteroatoms. The number of carbonyl (C=O) groups excluding carboxylic acids is 1. The molecule has 2 aliphatic carbocycles. The van der Waals surface area contributed by atoms with Crippen LogP contribution in [0, 0.1) is 11.8 Å². The number of phosphoric acid groups is 1. The van der Waals surface area contributed by atoms with Crippen molar-refractivity contribution in [3.63, 3.8) is 0 Å². The van der Waals surface area contributed by atoms with E-state index in [4.69, 9.17) is 16.3 Å². The Hall–Kier alpha value is -0.290. The van der Waals surface area contributed by atoms with Gasteiger partial charge >= 0.3 is 59.1 Å². The van der Waals surface area contributed by atoms with Crippen molar-refractivity contribution in [1.82, 2.24) is 5.32 Å². The zero-order valence-electron chi connectivity index (χ0n) is 23.4. The van der Waals surface area contributed by atoms with E-state index in [0.717, 1.165) is 41.9 Å². The molecule has 2 saturated carbocycles. The molecule has 0 radical (unpaired) electrons. The van der Waals surface area contributed by atoms with Gasteiger partial charge in [0.15, 0.2) is 0 Å². The monoisotopic (exact) mass is 607 g/mol. The molecule has 2 N–H and O–H groups in total. The predicted octanol–water partition coefficient (Wildman–Crippen LogP) is -2.30. The SMILES string of the molecule is CCOc1ccc(CNc2cc(N3CC4CC4C3)ccc2C(=O)NC2CCC(OP(=O)([O-])[O-])CC2)cc1Cl.[Na+].[Na+]. The largest absolute Gasteiger partial charge is 1.00 e. The summed E-state index contributed by atoms with van der Waals surface area (Å²) in [6, 6.07) is 11.4. The van der Waals surface area contributed by atoms with Crippen molar-refractivity contribution in [2.75, 3.05) is 29.9 Å². The molecule has 1 amide bonds. The molecule has 2 unspecified atom stereocenters. The molecule has 1 heterocycles. The summed E-state index contributed by atoms with van der Waals surface area (Å²) in [4.78, 5) is 37.5. The maximum Gasteiger partial charge on any atom is 1.00 e. The van der Waals surface area contributed by atoms with Crippen molar-refractivity contribution in [3.8, 4) is 5.75 Å². The van der Waals surface area contributed by atoms with Crippen LogP contribution in [0.25, 0.3) is 0 Å². The number of hydrogen-bond acceptors (Lipinski definition) is 8. The maximum atomic E-state index is 13.3. The van der Waals surface area contributed by atoms with Crippen LogP contribution in [0.15, 0.2) is 36.4 Å². The number of anilines is 2. The summed E-state index contributed by atoms with van der Waals surface area (Å²) in [6.45, 7) is 5.03. The van der Waals surface area contributed by atoms with E-state index >= 15 is 0 Å². The Morgan fingerprint density at radius 3 is 2.40 bits per heavy atom. The molecular formula is C27H33ClN3Na2O6P. The van der Waals surface area contributed by atoms with Crippen molar-refractivity contribution in [2.45, 2.75) is 57.7 Å². The third-order valence-corrected chi connectivity index (χ3v) is 8.51. The Morgan fingerprint density at radius 1 is 1.07 bits per heavy atom. The molecule has 5 rings (SSSR count). The van der Waals surface area contributed by atoms with Crippen LogP contribution in [-0.2, 0) is 15.6 Å². The molecule has 40 heavy (non-hydrogen) atoms. The Bertz CT molecular complexity index is 1220. The summed E-state index contributed by atoms with van der Waals surface area (Å²) in [5, 5.41) is 7.06. The van der Waals surface area contributed by atoms with E-state index in [2.05, 4.69) is 20.1 Å². The smallest absolute Gasteiger partial charge is 0.790 e. The number of rotatable bonds is 10. The number of nitrogens with one attached hydrogen (secondary N) is 2. The molecule has 3 aliphatic rings. The first-order valence-corrected chi connectivity index (χ1v) is 15.1. The maximum absolute atomic E-state index is 13.3. The van der Waals surface area contributed by atoms with Crippen molar-refractivity contribution in [1.29, 1.82) is 0 Å². The standard InChI is InChI=1S/C27H35ClN3O6P.2Na/c1-2-36-26-10-3-17(11-24(26)28)14-29-25-13-21(31-15-18-12-19(18)16-31)6-9-23(25)27(32)30-20-4-7-22(8-5-20)37-38(33,34)35;;/h3,6,9-11,13,18-20,22,29H,2,4-5,7-8,12,14-16H2,1H3,(H,30,32)(H2,33,34,35);;/q;2*+1/p-2. The molecule has 206 valence electrons. The van der Waals surface area contributed by atoms with Gasteiger partial charge in [-0.05, 0) is 86.8 Å². The number of benzene rings is 2. The van der Waals surface area contributed by atoms with Gasteiger partial charge in [0.25, 0.3) is 5.91 Å². The van der Waals surface area contributed by atoms with Gasteiger partial charge in [-0.15, -0.1) is 0 Å². The van der Waals surface area contributed by atoms with Gasteiger partial charge in [-0.2, -0.15) is 0 Å². The van der Waals surface area contributed by atoms with Gasteiger partial charge < -0.3 is 39.1 Å². The number of amides is 1. The summed E-state index contributed by atoms with van der Waals surface area (Å²) >= 11 is 6.37. The number of ether oxygens (including phenoxy) is 1. The van der Waals surface area contributed by atoms with E-state index in [0.29, 0.717) is 55.2 Å². The van der Waals surface area contributed by atoms with E-state index in [9.17, 15) is 19.1 Å². The number of piperidine rings is 1. The molecule has 3 fully saturated rings. The fourth-order valence-corrected chi connectivity index (χ4v) is 6.40. The fourth-order valence-electron chi connectivity index (χ4n) is 5.56. The van der Waals surface area contributed by atoms with E-state index in [1.807, 2.05) is 43.3 Å². The van der Waals surface area contributed by atoms with Crippen molar-refractivity contribution in [3.05, 3.63) is 52.5 Å². The molecule has 9 nitrogen and oxygen atoms in total. The van der Waals surface area contributed by atoms with E-state index in [1.54, 1.807) is 0 Å². The molecule has 1 saturated heterocycles. The van der Waals surface area contributed by atoms with Crippen LogP contribution in [0.1, 0.15) is 54.9 Å². The Kier molecular flexibility index (Phi) is 12.8. The zero-order valence-corrected chi connectivity index (χ0v) is 29.0. The average molecular weight is 608 g/mol. The normalized spacial score (nSPS) is 23.4. The van der Waals surface area contributed by atoms with Crippen molar-refractivity contribution >= 4 is 36.7 Å². The molecule has 2 atom stereocenters. The second-order valence-corrected chi connectivity index (χ2v) is 12.0. The predicted molar refractivity (Wildman–Crippen MR) is 142 cm³/mol. The molecule has 0 aromatic heterocycles. The van der Waals surface area contributed by atoms with Crippen LogP contribution in [0.5, 0.6) is 5.75 Å². The quantitative estimate of drug-likeness (QED) is 0.228. The number of nitrogens with zero attached hydrogens (tertiary/aromatic N) is 1. The van der Waals surface area contributed by atoms with Gasteiger partial charge in [0, 0.05) is 37.1 Å². The minimum absolute atomic E-state index is 0. The second kappa shape index (κ2) is 14.9. The van der Waals surface area contributed by atoms with Crippen LogP contribution >= 0.6 is 19.4 Å². The minimum Gasteiger partial charge on any atom is -0.790 e. The Labute approximate surface area is 284 Å². The molecular weight excluding hydrogens is 575 g/mol. The van der Waals surface area contributed by atoms with Gasteiger partial charge in [0.05, 0.1) is 31.1 Å². The number of fused-ring (bicyclic) bond motifs is 1. The van der Waals surface area contributed by atoms with Gasteiger partial charge in [0.2, 0.25) is 0 Å². The molecule has 2 aromatic carbocycles. The van der Waals surface area contributed by atoms with Crippen LogP contribution in [0.3, 0.4) is 0 Å². The summed E-state index contributed by atoms with van der Waals surface area (Å²) in [6.07, 6.45) is 2.58. The van der Waals surface area contributed by atoms with Gasteiger partial charge in [-0.1, -0.05) is 17.7 Å². The fraction of sp³-hybridized carbons (Fsp3) is 0.519. The van der Waals surface area contributed by atoms with E-state index < -0.39 is 13.9 Å². The number of halogens is 1. The third kappa shape index (κ3) is 9.10. The summed E-state index contributed by atoms with van der Waals surface area (Å²) in [5.41, 5.74) is 3.33. The molecule has 0 bridgehead atoms. The van der Waals surface area contributed by atoms with Gasteiger partial charge in [-0.3, -0.25) is 4.79 Å². The van der Waals surface area contributed by atoms with Crippen LogP contribution in [0.4, 0.5) is 11.4 Å². The summed E-state index contributed by atoms with van der Waals surface area (Å²) in [7, 11) is -5.01.